The van der Waals surface area contributed by atoms with E-state index in [1.807, 2.05) is 12.3 Å². The van der Waals surface area contributed by atoms with Gasteiger partial charge in [0, 0.05) is 5.56 Å². The van der Waals surface area contributed by atoms with E-state index in [0.29, 0.717) is 17.7 Å². The Morgan fingerprint density at radius 1 is 1.37 bits per heavy atom. The number of amides is 1. The summed E-state index contributed by atoms with van der Waals surface area (Å²) in [6, 6.07) is 6.92. The van der Waals surface area contributed by atoms with Crippen molar-refractivity contribution in [3.8, 4) is 5.40 Å². The molecule has 1 aromatic rings. The largest absolute Gasteiger partial charge is 0.324 e. The van der Waals surface area contributed by atoms with Crippen molar-refractivity contribution < 1.29 is 9.59 Å². The van der Waals surface area contributed by atoms with Crippen LogP contribution in [0.5, 0.6) is 0 Å². The molecule has 1 amide bonds. The number of nitrogens with zero attached hydrogens (tertiary/aromatic N) is 1. The molecule has 0 saturated carbocycles. The number of Topliss-reactive ketones (excluding diaryl/α,β-unsaturated/α-hetero) is 1. The normalized spacial score (nSPS) is 21.5. The summed E-state index contributed by atoms with van der Waals surface area (Å²) in [6.45, 7) is 1.99. The number of thiocyanates is 1. The van der Waals surface area contributed by atoms with Crippen LogP contribution in [0.2, 0.25) is 0 Å². The number of thioether (sulfide) groups is 1. The first-order valence-corrected chi connectivity index (χ1v) is 6.99. The van der Waals surface area contributed by atoms with Gasteiger partial charge in [0.1, 0.15) is 5.40 Å². The van der Waals surface area contributed by atoms with Crippen molar-refractivity contribution in [3.63, 3.8) is 0 Å². The van der Waals surface area contributed by atoms with Crippen LogP contribution in [0, 0.1) is 10.7 Å². The van der Waals surface area contributed by atoms with Crippen LogP contribution >= 0.6 is 11.8 Å². The number of hydrogen-bond acceptors (Lipinski definition) is 4. The molecular weight excluding hydrogens is 260 g/mol. The molecule has 1 unspecified atom stereocenters. The van der Waals surface area contributed by atoms with Crippen LogP contribution in [0.3, 0.4) is 0 Å². The summed E-state index contributed by atoms with van der Waals surface area (Å²) in [6.07, 6.45) is 1.99. The number of hydrogen-bond donors (Lipinski definition) is 1. The first-order chi connectivity index (χ1) is 9.15. The van der Waals surface area contributed by atoms with E-state index in [9.17, 15) is 9.59 Å². The Kier molecular flexibility index (Phi) is 3.91. The third kappa shape index (κ3) is 2.24. The van der Waals surface area contributed by atoms with E-state index in [1.165, 1.54) is 0 Å². The third-order valence-corrected chi connectivity index (χ3v) is 4.27. The number of nitrogens with one attached hydrogen (secondary N) is 1. The SMILES string of the molecule is CCCCC1(SC#N)C(=O)Nc2ccccc2C1=O. The second-order valence-electron chi connectivity index (χ2n) is 4.45. The second-order valence-corrected chi connectivity index (χ2v) is 5.54. The minimum Gasteiger partial charge on any atom is -0.324 e. The molecule has 0 aromatic heterocycles. The Labute approximate surface area is 116 Å². The summed E-state index contributed by atoms with van der Waals surface area (Å²) in [5.41, 5.74) is 1.02. The first-order valence-electron chi connectivity index (χ1n) is 6.18. The lowest BCUT2D eigenvalue weighted by atomic mass is 9.87. The van der Waals surface area contributed by atoms with E-state index < -0.39 is 4.75 Å². The zero-order valence-corrected chi connectivity index (χ0v) is 11.4. The molecule has 0 spiro atoms. The highest BCUT2D eigenvalue weighted by atomic mass is 32.2. The first kappa shape index (κ1) is 13.6. The lowest BCUT2D eigenvalue weighted by molar-refractivity contribution is -0.117. The van der Waals surface area contributed by atoms with Crippen LogP contribution in [0.4, 0.5) is 5.69 Å². The van der Waals surface area contributed by atoms with E-state index in [-0.39, 0.29) is 11.7 Å². The summed E-state index contributed by atoms with van der Waals surface area (Å²) in [7, 11) is 0. The van der Waals surface area contributed by atoms with Gasteiger partial charge in [0.25, 0.3) is 0 Å². The van der Waals surface area contributed by atoms with Gasteiger partial charge >= 0.3 is 0 Å². The average Bonchev–Trinajstić information content (AvgIpc) is 2.42. The van der Waals surface area contributed by atoms with Gasteiger partial charge in [-0.2, -0.15) is 5.26 Å². The van der Waals surface area contributed by atoms with Crippen LogP contribution in [0.1, 0.15) is 36.5 Å². The second kappa shape index (κ2) is 5.45. The van der Waals surface area contributed by atoms with E-state index >= 15 is 0 Å². The lowest BCUT2D eigenvalue weighted by Crippen LogP contribution is -2.50. The Hall–Kier alpha value is -1.80. The number of carbonyl (C=O) groups excluding carboxylic acids is 2. The van der Waals surface area contributed by atoms with Crippen LogP contribution in [0.15, 0.2) is 24.3 Å². The minimum absolute atomic E-state index is 0.258. The maximum absolute atomic E-state index is 12.6. The molecule has 4 nitrogen and oxygen atoms in total. The summed E-state index contributed by atoms with van der Waals surface area (Å²) in [4.78, 5) is 24.9. The third-order valence-electron chi connectivity index (χ3n) is 3.26. The molecule has 1 heterocycles. The van der Waals surface area contributed by atoms with Crippen molar-refractivity contribution >= 4 is 29.1 Å². The fourth-order valence-electron chi connectivity index (χ4n) is 2.21. The Morgan fingerprint density at radius 2 is 2.11 bits per heavy atom. The smallest absolute Gasteiger partial charge is 0.249 e. The quantitative estimate of drug-likeness (QED) is 0.677. The molecule has 1 atom stereocenters. The van der Waals surface area contributed by atoms with Gasteiger partial charge in [-0.1, -0.05) is 31.9 Å². The molecule has 0 aliphatic carbocycles. The van der Waals surface area contributed by atoms with Gasteiger partial charge in [0.2, 0.25) is 5.91 Å². The van der Waals surface area contributed by atoms with Crippen LogP contribution in [-0.4, -0.2) is 16.4 Å². The Balaban J connectivity index is 2.47. The topological polar surface area (TPSA) is 70.0 Å². The number of para-hydroxylation sites is 1. The summed E-state index contributed by atoms with van der Waals surface area (Å²) in [5, 5.41) is 13.6. The zero-order valence-electron chi connectivity index (χ0n) is 10.6. The Bertz CT molecular complexity index is 565. The molecule has 2 rings (SSSR count). The van der Waals surface area contributed by atoms with Crippen molar-refractivity contribution in [2.45, 2.75) is 30.9 Å². The lowest BCUT2D eigenvalue weighted by Gasteiger charge is -2.32. The van der Waals surface area contributed by atoms with Crippen LogP contribution in [0.25, 0.3) is 0 Å². The predicted octanol–water partition coefficient (Wildman–Crippen LogP) is 2.96. The van der Waals surface area contributed by atoms with E-state index in [0.717, 1.165) is 24.6 Å². The molecule has 1 aliphatic rings. The number of unbranched alkanes of at least 4 members (excludes halogenated alkanes) is 1. The van der Waals surface area contributed by atoms with E-state index in [4.69, 9.17) is 5.26 Å². The summed E-state index contributed by atoms with van der Waals surface area (Å²) >= 11 is 0.763. The minimum atomic E-state index is -1.29. The number of fused-ring (bicyclic) bond motifs is 1. The fourth-order valence-corrected chi connectivity index (χ4v) is 2.96. The predicted molar refractivity (Wildman–Crippen MR) is 74.9 cm³/mol. The van der Waals surface area contributed by atoms with Crippen molar-refractivity contribution in [2.75, 3.05) is 5.32 Å². The van der Waals surface area contributed by atoms with Gasteiger partial charge in [-0.05, 0) is 30.3 Å². The summed E-state index contributed by atoms with van der Waals surface area (Å²) in [5.74, 6) is -0.636. The zero-order chi connectivity index (χ0) is 13.9. The van der Waals surface area contributed by atoms with Crippen molar-refractivity contribution in [3.05, 3.63) is 29.8 Å². The average molecular weight is 274 g/mol. The molecular formula is C14H14N2O2S. The molecule has 1 aromatic carbocycles. The molecule has 19 heavy (non-hydrogen) atoms. The van der Waals surface area contributed by atoms with Crippen molar-refractivity contribution in [1.29, 1.82) is 5.26 Å². The Morgan fingerprint density at radius 3 is 2.79 bits per heavy atom. The van der Waals surface area contributed by atoms with Crippen LogP contribution in [-0.2, 0) is 4.79 Å². The molecule has 0 radical (unpaired) electrons. The highest BCUT2D eigenvalue weighted by Crippen LogP contribution is 2.40. The molecule has 0 fully saturated rings. The number of benzene rings is 1. The van der Waals surface area contributed by atoms with Crippen molar-refractivity contribution in [1.82, 2.24) is 0 Å². The van der Waals surface area contributed by atoms with Gasteiger partial charge in [0.05, 0.1) is 5.69 Å². The van der Waals surface area contributed by atoms with Gasteiger partial charge in [-0.15, -0.1) is 0 Å². The van der Waals surface area contributed by atoms with Crippen molar-refractivity contribution in [2.24, 2.45) is 0 Å². The van der Waals surface area contributed by atoms with Gasteiger partial charge < -0.3 is 5.32 Å². The molecule has 5 heteroatoms. The molecule has 0 bridgehead atoms. The van der Waals surface area contributed by atoms with E-state index in [1.54, 1.807) is 24.3 Å². The fraction of sp³-hybridized carbons (Fsp3) is 0.357. The molecule has 1 aliphatic heterocycles. The standard InChI is InChI=1S/C14H14N2O2S/c1-2-3-8-14(19-9-15)12(17)10-6-4-5-7-11(10)16-13(14)18/h4-7H,2-3,8H2,1H3,(H,16,18). The van der Waals surface area contributed by atoms with Crippen LogP contribution < -0.4 is 5.32 Å². The maximum Gasteiger partial charge on any atom is 0.249 e. The number of ketones is 1. The summed E-state index contributed by atoms with van der Waals surface area (Å²) < 4.78 is -1.29. The monoisotopic (exact) mass is 274 g/mol. The van der Waals surface area contributed by atoms with Gasteiger partial charge in [0.15, 0.2) is 10.5 Å². The highest BCUT2D eigenvalue weighted by molar-refractivity contribution is 8.06. The number of anilines is 1. The number of nitriles is 1. The van der Waals surface area contributed by atoms with Gasteiger partial charge in [-0.3, -0.25) is 9.59 Å². The molecule has 1 N–H and O–H groups in total. The maximum atomic E-state index is 12.6. The van der Waals surface area contributed by atoms with E-state index in [2.05, 4.69) is 5.32 Å². The highest BCUT2D eigenvalue weighted by Gasteiger charge is 2.50. The number of rotatable bonds is 4. The number of carbonyl (C=O) groups is 2. The van der Waals surface area contributed by atoms with Gasteiger partial charge in [-0.25, -0.2) is 0 Å². The molecule has 0 saturated heterocycles. The molecule has 98 valence electrons.